The standard InChI is InChI=1S/C10H9BrCl2O2/c1-2-15-10(14)8-7(12)4-3-6(5-11)9(8)13/h3-4H,2,5H2,1H3. The number of esters is 1. The number of rotatable bonds is 3. The van der Waals surface area contributed by atoms with Crippen LogP contribution < -0.4 is 0 Å². The zero-order chi connectivity index (χ0) is 11.4. The average molecular weight is 312 g/mol. The Hall–Kier alpha value is -0.250. The summed E-state index contributed by atoms with van der Waals surface area (Å²) in [6, 6.07) is 3.40. The highest BCUT2D eigenvalue weighted by molar-refractivity contribution is 9.08. The molecule has 0 bridgehead atoms. The number of carbonyl (C=O) groups excluding carboxylic acids is 1. The molecule has 5 heteroatoms. The first-order valence-electron chi connectivity index (χ1n) is 4.31. The molecule has 0 N–H and O–H groups in total. The van der Waals surface area contributed by atoms with Crippen LogP contribution in [0.15, 0.2) is 12.1 Å². The van der Waals surface area contributed by atoms with E-state index in [-0.39, 0.29) is 5.56 Å². The van der Waals surface area contributed by atoms with Crippen molar-refractivity contribution in [2.75, 3.05) is 6.61 Å². The molecule has 1 aromatic rings. The predicted octanol–water partition coefficient (Wildman–Crippen LogP) is 4.07. The van der Waals surface area contributed by atoms with Crippen LogP contribution in [0.4, 0.5) is 0 Å². The van der Waals surface area contributed by atoms with E-state index in [0.717, 1.165) is 5.56 Å². The van der Waals surface area contributed by atoms with Gasteiger partial charge in [0, 0.05) is 5.33 Å². The molecule has 15 heavy (non-hydrogen) atoms. The van der Waals surface area contributed by atoms with Crippen LogP contribution in [0.1, 0.15) is 22.8 Å². The van der Waals surface area contributed by atoms with Gasteiger partial charge in [0.05, 0.1) is 22.2 Å². The van der Waals surface area contributed by atoms with Gasteiger partial charge in [-0.3, -0.25) is 0 Å². The van der Waals surface area contributed by atoms with E-state index in [9.17, 15) is 4.79 Å². The second-order valence-electron chi connectivity index (χ2n) is 2.75. The Morgan fingerprint density at radius 3 is 2.67 bits per heavy atom. The van der Waals surface area contributed by atoms with E-state index >= 15 is 0 Å². The van der Waals surface area contributed by atoms with Crippen LogP contribution in [-0.4, -0.2) is 12.6 Å². The van der Waals surface area contributed by atoms with Crippen molar-refractivity contribution >= 4 is 45.1 Å². The van der Waals surface area contributed by atoms with E-state index in [4.69, 9.17) is 27.9 Å². The van der Waals surface area contributed by atoms with E-state index < -0.39 is 5.97 Å². The molecule has 0 amide bonds. The molecule has 0 aliphatic heterocycles. The highest BCUT2D eigenvalue weighted by atomic mass is 79.9. The molecule has 1 rings (SSSR count). The van der Waals surface area contributed by atoms with Crippen LogP contribution in [0.25, 0.3) is 0 Å². The second kappa shape index (κ2) is 5.73. The first-order valence-corrected chi connectivity index (χ1v) is 6.19. The number of benzene rings is 1. The molecule has 0 radical (unpaired) electrons. The molecule has 0 unspecified atom stereocenters. The van der Waals surface area contributed by atoms with Crippen molar-refractivity contribution in [2.45, 2.75) is 12.3 Å². The van der Waals surface area contributed by atoms with Gasteiger partial charge in [0.2, 0.25) is 0 Å². The first-order chi connectivity index (χ1) is 7.11. The Balaban J connectivity index is 3.20. The van der Waals surface area contributed by atoms with Gasteiger partial charge in [0.15, 0.2) is 0 Å². The molecule has 0 fully saturated rings. The fraction of sp³-hybridized carbons (Fsp3) is 0.300. The summed E-state index contributed by atoms with van der Waals surface area (Å²) < 4.78 is 4.87. The summed E-state index contributed by atoms with van der Waals surface area (Å²) >= 11 is 15.2. The third kappa shape index (κ3) is 2.86. The van der Waals surface area contributed by atoms with Gasteiger partial charge < -0.3 is 4.74 Å². The van der Waals surface area contributed by atoms with Crippen molar-refractivity contribution in [2.24, 2.45) is 0 Å². The molecule has 0 aliphatic carbocycles. The summed E-state index contributed by atoms with van der Waals surface area (Å²) in [5.74, 6) is -0.490. The molecule has 0 aliphatic rings. The Morgan fingerprint density at radius 2 is 2.13 bits per heavy atom. The maximum absolute atomic E-state index is 11.5. The van der Waals surface area contributed by atoms with Crippen LogP contribution in [0, 0.1) is 0 Å². The van der Waals surface area contributed by atoms with Gasteiger partial charge in [-0.15, -0.1) is 0 Å². The summed E-state index contributed by atoms with van der Waals surface area (Å²) in [5, 5.41) is 1.22. The van der Waals surface area contributed by atoms with Gasteiger partial charge in [0.1, 0.15) is 0 Å². The third-order valence-electron chi connectivity index (χ3n) is 1.79. The Labute approximate surface area is 107 Å². The lowest BCUT2D eigenvalue weighted by Crippen LogP contribution is -2.07. The fourth-order valence-corrected chi connectivity index (χ4v) is 2.31. The largest absolute Gasteiger partial charge is 0.462 e. The monoisotopic (exact) mass is 310 g/mol. The van der Waals surface area contributed by atoms with Crippen LogP contribution in [0.3, 0.4) is 0 Å². The maximum atomic E-state index is 11.5. The fourth-order valence-electron chi connectivity index (χ4n) is 1.09. The van der Waals surface area contributed by atoms with Gasteiger partial charge in [0.25, 0.3) is 0 Å². The van der Waals surface area contributed by atoms with Crippen molar-refractivity contribution < 1.29 is 9.53 Å². The molecule has 0 saturated carbocycles. The number of halogens is 3. The number of hydrogen-bond donors (Lipinski definition) is 0. The smallest absolute Gasteiger partial charge is 0.341 e. The molecular formula is C10H9BrCl2O2. The molecule has 0 aromatic heterocycles. The molecular weight excluding hydrogens is 303 g/mol. The summed E-state index contributed by atoms with van der Waals surface area (Å²) in [6.45, 7) is 2.03. The number of alkyl halides is 1. The summed E-state index contributed by atoms with van der Waals surface area (Å²) in [4.78, 5) is 11.5. The van der Waals surface area contributed by atoms with Crippen molar-refractivity contribution in [1.82, 2.24) is 0 Å². The lowest BCUT2D eigenvalue weighted by molar-refractivity contribution is 0.0526. The molecule has 0 atom stereocenters. The molecule has 1 aromatic carbocycles. The SMILES string of the molecule is CCOC(=O)c1c(Cl)ccc(CBr)c1Cl. The van der Waals surface area contributed by atoms with Gasteiger partial charge in [-0.25, -0.2) is 4.79 Å². The minimum absolute atomic E-state index is 0.233. The second-order valence-corrected chi connectivity index (χ2v) is 4.10. The van der Waals surface area contributed by atoms with Gasteiger partial charge >= 0.3 is 5.97 Å². The highest BCUT2D eigenvalue weighted by Crippen LogP contribution is 2.30. The average Bonchev–Trinajstić information content (AvgIpc) is 2.18. The minimum Gasteiger partial charge on any atom is -0.462 e. The zero-order valence-electron chi connectivity index (χ0n) is 8.02. The molecule has 0 heterocycles. The number of hydrogen-bond acceptors (Lipinski definition) is 2. The number of ether oxygens (including phenoxy) is 1. The highest BCUT2D eigenvalue weighted by Gasteiger charge is 2.18. The quantitative estimate of drug-likeness (QED) is 0.621. The Morgan fingerprint density at radius 1 is 1.47 bits per heavy atom. The van der Waals surface area contributed by atoms with E-state index in [1.165, 1.54) is 0 Å². The molecule has 82 valence electrons. The van der Waals surface area contributed by atoms with Crippen molar-refractivity contribution in [3.05, 3.63) is 33.3 Å². The van der Waals surface area contributed by atoms with E-state index in [1.54, 1.807) is 19.1 Å². The van der Waals surface area contributed by atoms with Crippen LogP contribution in [0.5, 0.6) is 0 Å². The molecule has 0 saturated heterocycles. The lowest BCUT2D eigenvalue weighted by atomic mass is 10.1. The topological polar surface area (TPSA) is 26.3 Å². The third-order valence-corrected chi connectivity index (χ3v) is 3.15. The van der Waals surface area contributed by atoms with Crippen molar-refractivity contribution in [3.8, 4) is 0 Å². The first kappa shape index (κ1) is 12.8. The maximum Gasteiger partial charge on any atom is 0.341 e. The zero-order valence-corrected chi connectivity index (χ0v) is 11.1. The van der Waals surface area contributed by atoms with Gasteiger partial charge in [-0.2, -0.15) is 0 Å². The molecule has 0 spiro atoms. The van der Waals surface area contributed by atoms with E-state index in [1.807, 2.05) is 0 Å². The van der Waals surface area contributed by atoms with Crippen LogP contribution in [-0.2, 0) is 10.1 Å². The van der Waals surface area contributed by atoms with Gasteiger partial charge in [-0.1, -0.05) is 45.2 Å². The Kier molecular flexibility index (Phi) is 4.90. The lowest BCUT2D eigenvalue weighted by Gasteiger charge is -2.08. The number of carbonyl (C=O) groups is 1. The normalized spacial score (nSPS) is 10.1. The van der Waals surface area contributed by atoms with Crippen molar-refractivity contribution in [1.29, 1.82) is 0 Å². The van der Waals surface area contributed by atoms with E-state index in [2.05, 4.69) is 15.9 Å². The van der Waals surface area contributed by atoms with Crippen LogP contribution in [0.2, 0.25) is 10.0 Å². The summed E-state index contributed by atoms with van der Waals surface area (Å²) in [6.07, 6.45) is 0. The molecule has 2 nitrogen and oxygen atoms in total. The minimum atomic E-state index is -0.490. The van der Waals surface area contributed by atoms with Crippen LogP contribution >= 0.6 is 39.1 Å². The summed E-state index contributed by atoms with van der Waals surface area (Å²) in [7, 11) is 0. The predicted molar refractivity (Wildman–Crippen MR) is 65.0 cm³/mol. The summed E-state index contributed by atoms with van der Waals surface area (Å²) in [5.41, 5.74) is 1.04. The van der Waals surface area contributed by atoms with Gasteiger partial charge in [-0.05, 0) is 18.6 Å². The Bertz CT molecular complexity index is 380. The van der Waals surface area contributed by atoms with E-state index in [0.29, 0.717) is 22.0 Å². The van der Waals surface area contributed by atoms with Crippen molar-refractivity contribution in [3.63, 3.8) is 0 Å².